The Kier molecular flexibility index (Phi) is 4.93. The average Bonchev–Trinajstić information content (AvgIpc) is 2.54. The van der Waals surface area contributed by atoms with E-state index in [0.29, 0.717) is 0 Å². The van der Waals surface area contributed by atoms with Crippen LogP contribution in [-0.4, -0.2) is 25.1 Å². The number of alkyl halides is 3. The second-order valence-electron chi connectivity index (χ2n) is 4.76. The molecule has 1 aromatic heterocycles. The van der Waals surface area contributed by atoms with E-state index in [9.17, 15) is 26.4 Å². The second-order valence-corrected chi connectivity index (χ2v) is 7.01. The summed E-state index contributed by atoms with van der Waals surface area (Å²) in [6.07, 6.45) is -4.65. The fraction of sp³-hybridized carbons (Fsp3) is 0.200. The zero-order valence-corrected chi connectivity index (χ0v) is 13.3. The molecule has 0 fully saturated rings. The summed E-state index contributed by atoms with van der Waals surface area (Å²) in [5.74, 6) is -1.38. The first kappa shape index (κ1) is 17.9. The van der Waals surface area contributed by atoms with E-state index >= 15 is 0 Å². The number of amides is 1. The number of halogens is 3. The van der Waals surface area contributed by atoms with Crippen LogP contribution in [0.1, 0.15) is 23.0 Å². The predicted octanol–water partition coefficient (Wildman–Crippen LogP) is 3.15. The fourth-order valence-electron chi connectivity index (χ4n) is 1.93. The molecule has 0 atom stereocenters. The van der Waals surface area contributed by atoms with Gasteiger partial charge in [0, 0.05) is 0 Å². The van der Waals surface area contributed by atoms with Gasteiger partial charge in [0.2, 0.25) is 0 Å². The van der Waals surface area contributed by atoms with Gasteiger partial charge in [0.1, 0.15) is 11.5 Å². The standard InChI is InChI=1S/C15H13F3N2O3S/c1-2-24(22,23)11-7-4-3-6-10(11)14(21)20-13-9-5-8-12(19-13)15(16,17)18/h3-9H,2H2,1H3,(H,19,20,21). The lowest BCUT2D eigenvalue weighted by molar-refractivity contribution is -0.141. The Balaban J connectivity index is 2.36. The van der Waals surface area contributed by atoms with Crippen molar-refractivity contribution >= 4 is 21.6 Å². The van der Waals surface area contributed by atoms with Crippen molar-refractivity contribution in [1.82, 2.24) is 4.98 Å². The summed E-state index contributed by atoms with van der Waals surface area (Å²) in [6, 6.07) is 8.53. The van der Waals surface area contributed by atoms with Gasteiger partial charge < -0.3 is 5.32 Å². The molecule has 128 valence electrons. The zero-order chi connectivity index (χ0) is 18.0. The fourth-order valence-corrected chi connectivity index (χ4v) is 3.02. The SMILES string of the molecule is CCS(=O)(=O)c1ccccc1C(=O)Nc1cccc(C(F)(F)F)n1. The molecule has 0 aliphatic carbocycles. The van der Waals surface area contributed by atoms with E-state index in [4.69, 9.17) is 0 Å². The van der Waals surface area contributed by atoms with Crippen LogP contribution in [0.2, 0.25) is 0 Å². The summed E-state index contributed by atoms with van der Waals surface area (Å²) in [4.78, 5) is 15.4. The molecule has 2 aromatic rings. The third-order valence-corrected chi connectivity index (χ3v) is 4.91. The van der Waals surface area contributed by atoms with Crippen molar-refractivity contribution in [3.8, 4) is 0 Å². The van der Waals surface area contributed by atoms with E-state index < -0.39 is 27.6 Å². The van der Waals surface area contributed by atoms with Gasteiger partial charge in [-0.15, -0.1) is 0 Å². The number of rotatable bonds is 4. The Hall–Kier alpha value is -2.42. The first-order chi connectivity index (χ1) is 11.1. The second kappa shape index (κ2) is 6.60. The third-order valence-electron chi connectivity index (χ3n) is 3.13. The first-order valence-electron chi connectivity index (χ1n) is 6.82. The Labute approximate surface area is 136 Å². The maximum absolute atomic E-state index is 12.6. The van der Waals surface area contributed by atoms with Crippen LogP contribution in [0.25, 0.3) is 0 Å². The van der Waals surface area contributed by atoms with Crippen molar-refractivity contribution in [2.75, 3.05) is 11.1 Å². The van der Waals surface area contributed by atoms with E-state index in [2.05, 4.69) is 10.3 Å². The molecule has 0 aliphatic heterocycles. The minimum absolute atomic E-state index is 0.154. The molecule has 0 saturated heterocycles. The summed E-state index contributed by atoms with van der Waals surface area (Å²) >= 11 is 0. The zero-order valence-electron chi connectivity index (χ0n) is 12.5. The summed E-state index contributed by atoms with van der Waals surface area (Å²) in [5, 5.41) is 2.19. The molecular weight excluding hydrogens is 345 g/mol. The van der Waals surface area contributed by atoms with Gasteiger partial charge in [-0.25, -0.2) is 13.4 Å². The lowest BCUT2D eigenvalue weighted by Gasteiger charge is -2.11. The third kappa shape index (κ3) is 3.91. The minimum atomic E-state index is -4.65. The number of carbonyl (C=O) groups excluding carboxylic acids is 1. The van der Waals surface area contributed by atoms with Crippen LogP contribution < -0.4 is 5.32 Å². The van der Waals surface area contributed by atoms with Gasteiger partial charge in [-0.2, -0.15) is 13.2 Å². The highest BCUT2D eigenvalue weighted by atomic mass is 32.2. The van der Waals surface area contributed by atoms with E-state index in [1.807, 2.05) is 0 Å². The molecular formula is C15H13F3N2O3S. The normalized spacial score (nSPS) is 12.0. The first-order valence-corrected chi connectivity index (χ1v) is 8.48. The van der Waals surface area contributed by atoms with E-state index in [0.717, 1.165) is 12.1 Å². The molecule has 0 aliphatic rings. The van der Waals surface area contributed by atoms with Gasteiger partial charge in [-0.3, -0.25) is 4.79 Å². The summed E-state index contributed by atoms with van der Waals surface area (Å²) in [5.41, 5.74) is -1.31. The van der Waals surface area contributed by atoms with Crippen LogP contribution in [0.4, 0.5) is 19.0 Å². The molecule has 2 rings (SSSR count). The molecule has 24 heavy (non-hydrogen) atoms. The van der Waals surface area contributed by atoms with Crippen molar-refractivity contribution in [3.05, 3.63) is 53.7 Å². The Morgan fingerprint density at radius 1 is 1.12 bits per heavy atom. The number of pyridine rings is 1. The number of nitrogens with zero attached hydrogens (tertiary/aromatic N) is 1. The summed E-state index contributed by atoms with van der Waals surface area (Å²) in [6.45, 7) is 1.43. The van der Waals surface area contributed by atoms with Crippen LogP contribution >= 0.6 is 0 Å². The number of nitrogens with one attached hydrogen (secondary N) is 1. The topological polar surface area (TPSA) is 76.1 Å². The number of hydrogen-bond acceptors (Lipinski definition) is 4. The Bertz CT molecular complexity index is 864. The van der Waals surface area contributed by atoms with Crippen molar-refractivity contribution in [2.45, 2.75) is 18.0 Å². The number of aromatic nitrogens is 1. The minimum Gasteiger partial charge on any atom is -0.307 e. The number of hydrogen-bond donors (Lipinski definition) is 1. The monoisotopic (exact) mass is 358 g/mol. The van der Waals surface area contributed by atoms with Gasteiger partial charge in [-0.05, 0) is 24.3 Å². The molecule has 0 unspecified atom stereocenters. The van der Waals surface area contributed by atoms with Gasteiger partial charge in [0.25, 0.3) is 5.91 Å². The molecule has 1 amide bonds. The Morgan fingerprint density at radius 2 is 1.79 bits per heavy atom. The van der Waals surface area contributed by atoms with E-state index in [-0.39, 0.29) is 22.0 Å². The number of sulfone groups is 1. The van der Waals surface area contributed by atoms with Crippen LogP contribution in [-0.2, 0) is 16.0 Å². The molecule has 1 aromatic carbocycles. The van der Waals surface area contributed by atoms with Crippen LogP contribution in [0.5, 0.6) is 0 Å². The highest BCUT2D eigenvalue weighted by molar-refractivity contribution is 7.91. The summed E-state index contributed by atoms with van der Waals surface area (Å²) < 4.78 is 62.0. The smallest absolute Gasteiger partial charge is 0.307 e. The highest BCUT2D eigenvalue weighted by Gasteiger charge is 2.32. The molecule has 9 heteroatoms. The molecule has 0 bridgehead atoms. The van der Waals surface area contributed by atoms with E-state index in [1.165, 1.54) is 37.3 Å². The summed E-state index contributed by atoms with van der Waals surface area (Å²) in [7, 11) is -3.66. The van der Waals surface area contributed by atoms with Crippen LogP contribution in [0, 0.1) is 0 Å². The number of benzene rings is 1. The lowest BCUT2D eigenvalue weighted by atomic mass is 10.2. The molecule has 0 saturated carbocycles. The highest BCUT2D eigenvalue weighted by Crippen LogP contribution is 2.28. The van der Waals surface area contributed by atoms with Gasteiger partial charge in [-0.1, -0.05) is 25.1 Å². The Morgan fingerprint density at radius 3 is 2.42 bits per heavy atom. The van der Waals surface area contributed by atoms with Gasteiger partial charge in [0.15, 0.2) is 9.84 Å². The van der Waals surface area contributed by atoms with E-state index in [1.54, 1.807) is 0 Å². The molecule has 1 heterocycles. The maximum Gasteiger partial charge on any atom is 0.433 e. The largest absolute Gasteiger partial charge is 0.433 e. The molecule has 0 radical (unpaired) electrons. The number of carbonyl (C=O) groups is 1. The lowest BCUT2D eigenvalue weighted by Crippen LogP contribution is -2.18. The van der Waals surface area contributed by atoms with Gasteiger partial charge in [0.05, 0.1) is 16.2 Å². The molecule has 0 spiro atoms. The maximum atomic E-state index is 12.6. The average molecular weight is 358 g/mol. The quantitative estimate of drug-likeness (QED) is 0.911. The van der Waals surface area contributed by atoms with Crippen molar-refractivity contribution in [3.63, 3.8) is 0 Å². The molecule has 1 N–H and O–H groups in total. The van der Waals surface area contributed by atoms with Gasteiger partial charge >= 0.3 is 6.18 Å². The van der Waals surface area contributed by atoms with Crippen molar-refractivity contribution in [2.24, 2.45) is 0 Å². The van der Waals surface area contributed by atoms with Crippen LogP contribution in [0.3, 0.4) is 0 Å². The molecule has 5 nitrogen and oxygen atoms in total. The number of anilines is 1. The van der Waals surface area contributed by atoms with Crippen LogP contribution in [0.15, 0.2) is 47.4 Å². The van der Waals surface area contributed by atoms with Crippen molar-refractivity contribution < 1.29 is 26.4 Å². The predicted molar refractivity (Wildman–Crippen MR) is 81.4 cm³/mol. The van der Waals surface area contributed by atoms with Crippen molar-refractivity contribution in [1.29, 1.82) is 0 Å².